The molecule has 2 fully saturated rings. The van der Waals surface area contributed by atoms with Gasteiger partial charge in [0.15, 0.2) is 0 Å². The van der Waals surface area contributed by atoms with Crippen molar-refractivity contribution in [3.63, 3.8) is 0 Å². The van der Waals surface area contributed by atoms with Crippen LogP contribution in [0.15, 0.2) is 6.20 Å². The number of amides is 1. The minimum Gasteiger partial charge on any atom is -0.355 e. The molecule has 0 aromatic carbocycles. The Kier molecular flexibility index (Phi) is 1.91. The maximum absolute atomic E-state index is 12.0. The van der Waals surface area contributed by atoms with E-state index in [1.807, 2.05) is 17.9 Å². The molecule has 86 valence electrons. The Morgan fingerprint density at radius 1 is 1.56 bits per heavy atom. The molecule has 3 rings (SSSR count). The Hall–Kier alpha value is -1.32. The number of rotatable bonds is 1. The van der Waals surface area contributed by atoms with E-state index in [1.54, 1.807) is 0 Å². The Bertz CT molecular complexity index is 426. The quantitative estimate of drug-likeness (QED) is 0.769. The lowest BCUT2D eigenvalue weighted by Gasteiger charge is -2.40. The minimum atomic E-state index is -0.113. The molecule has 16 heavy (non-hydrogen) atoms. The van der Waals surface area contributed by atoms with Gasteiger partial charge in [-0.05, 0) is 25.3 Å². The van der Waals surface area contributed by atoms with E-state index >= 15 is 0 Å². The van der Waals surface area contributed by atoms with E-state index in [4.69, 9.17) is 0 Å². The molecule has 4 heteroatoms. The summed E-state index contributed by atoms with van der Waals surface area (Å²) in [5, 5.41) is 7.31. The topological polar surface area (TPSA) is 46.9 Å². The second-order valence-electron chi connectivity index (χ2n) is 5.11. The van der Waals surface area contributed by atoms with Crippen LogP contribution in [0.2, 0.25) is 0 Å². The summed E-state index contributed by atoms with van der Waals surface area (Å²) in [7, 11) is 1.97. The summed E-state index contributed by atoms with van der Waals surface area (Å²) in [6.45, 7) is 2.86. The van der Waals surface area contributed by atoms with Gasteiger partial charge in [-0.2, -0.15) is 5.10 Å². The molecule has 1 aliphatic heterocycles. The smallest absolute Gasteiger partial charge is 0.226 e. The van der Waals surface area contributed by atoms with Crippen LogP contribution >= 0.6 is 0 Å². The molecule has 2 heterocycles. The standard InChI is InChI=1S/C12H17N3O/c1-8-6-14-15(2)10(8)9-7-13-11(16)12(9)4-3-5-12/h6,9H,3-5,7H2,1-2H3,(H,13,16)/t9-/m0/s1. The fraction of sp³-hybridized carbons (Fsp3) is 0.667. The summed E-state index contributed by atoms with van der Waals surface area (Å²) in [5.74, 6) is 0.575. The summed E-state index contributed by atoms with van der Waals surface area (Å²) < 4.78 is 1.93. The van der Waals surface area contributed by atoms with Gasteiger partial charge in [-0.15, -0.1) is 0 Å². The van der Waals surface area contributed by atoms with E-state index in [0.29, 0.717) is 5.92 Å². The third kappa shape index (κ3) is 1.05. The molecule has 0 radical (unpaired) electrons. The van der Waals surface area contributed by atoms with Gasteiger partial charge in [0, 0.05) is 25.2 Å². The predicted octanol–water partition coefficient (Wildman–Crippen LogP) is 1.11. The molecule has 0 bridgehead atoms. The van der Waals surface area contributed by atoms with Gasteiger partial charge in [0.1, 0.15) is 0 Å². The van der Waals surface area contributed by atoms with Gasteiger partial charge in [-0.25, -0.2) is 0 Å². The van der Waals surface area contributed by atoms with Gasteiger partial charge in [-0.1, -0.05) is 6.42 Å². The Labute approximate surface area is 95.0 Å². The Morgan fingerprint density at radius 3 is 2.81 bits per heavy atom. The van der Waals surface area contributed by atoms with Crippen LogP contribution in [0.25, 0.3) is 0 Å². The van der Waals surface area contributed by atoms with Crippen LogP contribution < -0.4 is 5.32 Å². The first-order valence-electron chi connectivity index (χ1n) is 5.92. The number of aryl methyl sites for hydroxylation is 2. The number of hydrogen-bond donors (Lipinski definition) is 1. The lowest BCUT2D eigenvalue weighted by atomic mass is 9.61. The van der Waals surface area contributed by atoms with Crippen LogP contribution in [-0.2, 0) is 11.8 Å². The van der Waals surface area contributed by atoms with Crippen molar-refractivity contribution in [3.05, 3.63) is 17.5 Å². The summed E-state index contributed by atoms with van der Waals surface area (Å²) in [6, 6.07) is 0. The SMILES string of the molecule is Cc1cnn(C)c1[C@@H]1CNC(=O)C12CCC2. The van der Waals surface area contributed by atoms with E-state index in [2.05, 4.69) is 17.3 Å². The first-order chi connectivity index (χ1) is 7.65. The van der Waals surface area contributed by atoms with Crippen molar-refractivity contribution in [2.24, 2.45) is 12.5 Å². The molecule has 1 N–H and O–H groups in total. The van der Waals surface area contributed by atoms with Crippen LogP contribution in [0.5, 0.6) is 0 Å². The fourth-order valence-electron chi connectivity index (χ4n) is 3.27. The van der Waals surface area contributed by atoms with E-state index < -0.39 is 0 Å². The van der Waals surface area contributed by atoms with Crippen LogP contribution in [-0.4, -0.2) is 22.2 Å². The Morgan fingerprint density at radius 2 is 2.31 bits per heavy atom. The number of carbonyl (C=O) groups is 1. The highest BCUT2D eigenvalue weighted by atomic mass is 16.2. The lowest BCUT2D eigenvalue weighted by molar-refractivity contribution is -0.132. The Balaban J connectivity index is 2.05. The van der Waals surface area contributed by atoms with E-state index in [1.165, 1.54) is 17.7 Å². The minimum absolute atomic E-state index is 0.113. The normalized spacial score (nSPS) is 26.9. The van der Waals surface area contributed by atoms with Crippen molar-refractivity contribution in [1.82, 2.24) is 15.1 Å². The number of carbonyl (C=O) groups excluding carboxylic acids is 1. The van der Waals surface area contributed by atoms with Gasteiger partial charge in [-0.3, -0.25) is 9.48 Å². The third-order valence-electron chi connectivity index (χ3n) is 4.34. The fourth-order valence-corrected chi connectivity index (χ4v) is 3.27. The highest BCUT2D eigenvalue weighted by Gasteiger charge is 2.55. The van der Waals surface area contributed by atoms with Crippen molar-refractivity contribution in [1.29, 1.82) is 0 Å². The molecule has 1 aromatic heterocycles. The molecule has 1 aromatic rings. The molecule has 1 amide bonds. The molecule has 4 nitrogen and oxygen atoms in total. The average molecular weight is 219 g/mol. The molecular formula is C12H17N3O. The molecule has 1 spiro atoms. The molecule has 1 aliphatic carbocycles. The first-order valence-corrected chi connectivity index (χ1v) is 5.92. The van der Waals surface area contributed by atoms with Crippen molar-refractivity contribution in [2.75, 3.05) is 6.54 Å². The summed E-state index contributed by atoms with van der Waals surface area (Å²) in [5.41, 5.74) is 2.33. The molecule has 1 saturated carbocycles. The summed E-state index contributed by atoms with van der Waals surface area (Å²) in [6.07, 6.45) is 5.15. The zero-order valence-electron chi connectivity index (χ0n) is 9.79. The van der Waals surface area contributed by atoms with Crippen LogP contribution in [0.3, 0.4) is 0 Å². The van der Waals surface area contributed by atoms with Gasteiger partial charge in [0.25, 0.3) is 0 Å². The van der Waals surface area contributed by atoms with Crippen molar-refractivity contribution < 1.29 is 4.79 Å². The molecule has 1 atom stereocenters. The number of nitrogens with one attached hydrogen (secondary N) is 1. The van der Waals surface area contributed by atoms with Crippen molar-refractivity contribution >= 4 is 5.91 Å². The number of aromatic nitrogens is 2. The maximum Gasteiger partial charge on any atom is 0.226 e. The van der Waals surface area contributed by atoms with Crippen molar-refractivity contribution in [3.8, 4) is 0 Å². The van der Waals surface area contributed by atoms with Gasteiger partial charge < -0.3 is 5.32 Å². The van der Waals surface area contributed by atoms with Gasteiger partial charge in [0.05, 0.1) is 11.6 Å². The lowest BCUT2D eigenvalue weighted by Crippen LogP contribution is -2.41. The molecule has 2 aliphatic rings. The molecule has 1 saturated heterocycles. The highest BCUT2D eigenvalue weighted by molar-refractivity contribution is 5.87. The zero-order chi connectivity index (χ0) is 11.3. The summed E-state index contributed by atoms with van der Waals surface area (Å²) >= 11 is 0. The van der Waals surface area contributed by atoms with Gasteiger partial charge in [0.2, 0.25) is 5.91 Å². The molecule has 0 unspecified atom stereocenters. The largest absolute Gasteiger partial charge is 0.355 e. The number of hydrogen-bond acceptors (Lipinski definition) is 2. The zero-order valence-corrected chi connectivity index (χ0v) is 9.79. The summed E-state index contributed by atoms with van der Waals surface area (Å²) in [4.78, 5) is 12.0. The van der Waals surface area contributed by atoms with E-state index in [-0.39, 0.29) is 11.3 Å². The highest BCUT2D eigenvalue weighted by Crippen LogP contribution is 2.54. The maximum atomic E-state index is 12.0. The van der Waals surface area contributed by atoms with E-state index in [0.717, 1.165) is 19.4 Å². The second kappa shape index (κ2) is 3.09. The van der Waals surface area contributed by atoms with Crippen LogP contribution in [0, 0.1) is 12.3 Å². The second-order valence-corrected chi connectivity index (χ2v) is 5.11. The number of nitrogens with zero attached hydrogens (tertiary/aromatic N) is 2. The van der Waals surface area contributed by atoms with Crippen molar-refractivity contribution in [2.45, 2.75) is 32.1 Å². The van der Waals surface area contributed by atoms with Gasteiger partial charge >= 0.3 is 0 Å². The third-order valence-corrected chi connectivity index (χ3v) is 4.34. The predicted molar refractivity (Wildman–Crippen MR) is 60.0 cm³/mol. The molecular weight excluding hydrogens is 202 g/mol. The van der Waals surface area contributed by atoms with Crippen LogP contribution in [0.1, 0.15) is 36.4 Å². The van der Waals surface area contributed by atoms with E-state index in [9.17, 15) is 4.79 Å². The monoisotopic (exact) mass is 219 g/mol. The first kappa shape index (κ1) is 9.87. The average Bonchev–Trinajstić information content (AvgIpc) is 2.67. The van der Waals surface area contributed by atoms with Crippen LogP contribution in [0.4, 0.5) is 0 Å².